The number of aromatic nitrogens is 3. The van der Waals surface area contributed by atoms with Crippen LogP contribution in [0.25, 0.3) is 11.4 Å². The number of benzene rings is 1. The number of fused-ring (bicyclic) bond motifs is 1. The summed E-state index contributed by atoms with van der Waals surface area (Å²) < 4.78 is 7.09. The number of hydrogen-bond donors (Lipinski definition) is 1. The molecule has 2 aromatic rings. The molecule has 100 valence electrons. The third-order valence-electron chi connectivity index (χ3n) is 3.52. The lowest BCUT2D eigenvalue weighted by Gasteiger charge is -2.23. The molecule has 1 aromatic heterocycles. The molecule has 3 rings (SSSR count). The topological polar surface area (TPSA) is 66.0 Å². The zero-order valence-corrected chi connectivity index (χ0v) is 11.2. The second kappa shape index (κ2) is 4.66. The zero-order chi connectivity index (χ0) is 13.4. The van der Waals surface area contributed by atoms with Gasteiger partial charge in [-0.15, -0.1) is 0 Å². The van der Waals surface area contributed by atoms with Crippen molar-refractivity contribution in [3.63, 3.8) is 0 Å². The van der Waals surface area contributed by atoms with Gasteiger partial charge in [0.1, 0.15) is 11.6 Å². The van der Waals surface area contributed by atoms with Crippen LogP contribution in [0.4, 0.5) is 0 Å². The van der Waals surface area contributed by atoms with Crippen molar-refractivity contribution >= 4 is 0 Å². The van der Waals surface area contributed by atoms with Crippen LogP contribution in [0.5, 0.6) is 5.75 Å². The van der Waals surface area contributed by atoms with E-state index >= 15 is 0 Å². The first-order valence-electron chi connectivity index (χ1n) is 6.52. The van der Waals surface area contributed by atoms with Crippen LogP contribution in [0, 0.1) is 5.92 Å². The van der Waals surface area contributed by atoms with Gasteiger partial charge in [0.25, 0.3) is 0 Å². The van der Waals surface area contributed by atoms with Crippen LogP contribution in [-0.2, 0) is 6.54 Å². The van der Waals surface area contributed by atoms with Gasteiger partial charge in [0.15, 0.2) is 5.82 Å². The molecule has 0 aliphatic carbocycles. The van der Waals surface area contributed by atoms with E-state index in [9.17, 15) is 0 Å². The van der Waals surface area contributed by atoms with Crippen LogP contribution in [-0.4, -0.2) is 21.9 Å². The highest BCUT2D eigenvalue weighted by Gasteiger charge is 2.25. The van der Waals surface area contributed by atoms with Gasteiger partial charge in [-0.1, -0.05) is 6.92 Å². The lowest BCUT2D eigenvalue weighted by molar-refractivity contribution is 0.325. The number of ether oxygens (including phenoxy) is 1. The molecule has 1 aliphatic heterocycles. The summed E-state index contributed by atoms with van der Waals surface area (Å²) in [5.41, 5.74) is 7.12. The number of rotatable bonds is 2. The molecule has 2 heterocycles. The Morgan fingerprint density at radius 1 is 1.32 bits per heavy atom. The Bertz CT molecular complexity index is 576. The van der Waals surface area contributed by atoms with Crippen molar-refractivity contribution in [2.75, 3.05) is 7.11 Å². The smallest absolute Gasteiger partial charge is 0.181 e. The third-order valence-corrected chi connectivity index (χ3v) is 3.52. The van der Waals surface area contributed by atoms with Gasteiger partial charge in [-0.2, -0.15) is 5.10 Å². The molecule has 1 aromatic carbocycles. The lowest BCUT2D eigenvalue weighted by Crippen LogP contribution is -2.27. The number of nitrogens with zero attached hydrogens (tertiary/aromatic N) is 3. The van der Waals surface area contributed by atoms with Crippen LogP contribution in [0.2, 0.25) is 0 Å². The molecule has 0 amide bonds. The first kappa shape index (κ1) is 12.2. The second-order valence-electron chi connectivity index (χ2n) is 5.15. The van der Waals surface area contributed by atoms with Gasteiger partial charge in [-0.3, -0.25) is 0 Å². The number of hydrogen-bond acceptors (Lipinski definition) is 4. The van der Waals surface area contributed by atoms with E-state index in [1.807, 2.05) is 28.9 Å². The predicted molar refractivity (Wildman–Crippen MR) is 72.7 cm³/mol. The Kier molecular flexibility index (Phi) is 2.98. The molecular formula is C14H18N4O. The van der Waals surface area contributed by atoms with Gasteiger partial charge in [0.05, 0.1) is 13.2 Å². The molecule has 0 bridgehead atoms. The van der Waals surface area contributed by atoms with Crippen molar-refractivity contribution in [1.29, 1.82) is 0 Å². The summed E-state index contributed by atoms with van der Waals surface area (Å²) in [6.45, 7) is 3.09. The summed E-state index contributed by atoms with van der Waals surface area (Å²) in [6.07, 6.45) is 0.973. The van der Waals surface area contributed by atoms with Crippen LogP contribution in [0.15, 0.2) is 24.3 Å². The molecule has 5 heteroatoms. The lowest BCUT2D eigenvalue weighted by atomic mass is 9.98. The van der Waals surface area contributed by atoms with Gasteiger partial charge < -0.3 is 10.5 Å². The summed E-state index contributed by atoms with van der Waals surface area (Å²) >= 11 is 0. The maximum absolute atomic E-state index is 6.13. The predicted octanol–water partition coefficient (Wildman–Crippen LogP) is 1.99. The normalized spacial score (nSPS) is 22.1. The van der Waals surface area contributed by atoms with E-state index in [4.69, 9.17) is 10.5 Å². The molecule has 0 radical (unpaired) electrons. The SMILES string of the molecule is COc1ccc(-c2nc3n(n2)CC(C)CC3N)cc1. The quantitative estimate of drug-likeness (QED) is 0.894. The van der Waals surface area contributed by atoms with Gasteiger partial charge in [-0.05, 0) is 36.6 Å². The maximum Gasteiger partial charge on any atom is 0.181 e. The van der Waals surface area contributed by atoms with Crippen LogP contribution < -0.4 is 10.5 Å². The molecule has 2 unspecified atom stereocenters. The van der Waals surface area contributed by atoms with E-state index in [1.165, 1.54) is 0 Å². The first-order valence-corrected chi connectivity index (χ1v) is 6.52. The molecule has 0 saturated carbocycles. The van der Waals surface area contributed by atoms with Crippen molar-refractivity contribution in [2.24, 2.45) is 11.7 Å². The van der Waals surface area contributed by atoms with Crippen molar-refractivity contribution in [1.82, 2.24) is 14.8 Å². The van der Waals surface area contributed by atoms with E-state index in [0.717, 1.165) is 35.9 Å². The van der Waals surface area contributed by atoms with Crippen LogP contribution >= 0.6 is 0 Å². The minimum Gasteiger partial charge on any atom is -0.497 e. The fourth-order valence-corrected chi connectivity index (χ4v) is 2.53. The maximum atomic E-state index is 6.13. The fourth-order valence-electron chi connectivity index (χ4n) is 2.53. The van der Waals surface area contributed by atoms with Crippen molar-refractivity contribution in [2.45, 2.75) is 25.9 Å². The summed E-state index contributed by atoms with van der Waals surface area (Å²) in [5.74, 6) is 3.01. The van der Waals surface area contributed by atoms with Gasteiger partial charge >= 0.3 is 0 Å². The second-order valence-corrected chi connectivity index (χ2v) is 5.15. The highest BCUT2D eigenvalue weighted by Crippen LogP contribution is 2.28. The molecule has 5 nitrogen and oxygen atoms in total. The average molecular weight is 258 g/mol. The van der Waals surface area contributed by atoms with Crippen LogP contribution in [0.1, 0.15) is 25.2 Å². The summed E-state index contributed by atoms with van der Waals surface area (Å²) in [4.78, 5) is 4.58. The largest absolute Gasteiger partial charge is 0.497 e. The summed E-state index contributed by atoms with van der Waals surface area (Å²) in [5, 5.41) is 4.56. The monoisotopic (exact) mass is 258 g/mol. The van der Waals surface area contributed by atoms with Gasteiger partial charge in [0, 0.05) is 12.1 Å². The summed E-state index contributed by atoms with van der Waals surface area (Å²) in [7, 11) is 1.66. The Morgan fingerprint density at radius 3 is 2.74 bits per heavy atom. The summed E-state index contributed by atoms with van der Waals surface area (Å²) in [6, 6.07) is 7.75. The Morgan fingerprint density at radius 2 is 2.05 bits per heavy atom. The molecular weight excluding hydrogens is 240 g/mol. The zero-order valence-electron chi connectivity index (χ0n) is 11.2. The highest BCUT2D eigenvalue weighted by molar-refractivity contribution is 5.56. The van der Waals surface area contributed by atoms with E-state index in [2.05, 4.69) is 17.0 Å². The van der Waals surface area contributed by atoms with Gasteiger partial charge in [-0.25, -0.2) is 9.67 Å². The van der Waals surface area contributed by atoms with Crippen molar-refractivity contribution in [3.8, 4) is 17.1 Å². The van der Waals surface area contributed by atoms with E-state index in [-0.39, 0.29) is 6.04 Å². The van der Waals surface area contributed by atoms with Crippen LogP contribution in [0.3, 0.4) is 0 Å². The molecule has 2 N–H and O–H groups in total. The molecule has 0 saturated heterocycles. The Hall–Kier alpha value is -1.88. The van der Waals surface area contributed by atoms with Crippen molar-refractivity contribution < 1.29 is 4.74 Å². The molecule has 19 heavy (non-hydrogen) atoms. The highest BCUT2D eigenvalue weighted by atomic mass is 16.5. The Labute approximate surface area is 112 Å². The number of nitrogens with two attached hydrogens (primary N) is 1. The molecule has 0 spiro atoms. The molecule has 1 aliphatic rings. The first-order chi connectivity index (χ1) is 9.17. The van der Waals surface area contributed by atoms with Gasteiger partial charge in [0.2, 0.25) is 0 Å². The third kappa shape index (κ3) is 2.21. The molecule has 0 fully saturated rings. The van der Waals surface area contributed by atoms with E-state index < -0.39 is 0 Å². The minimum absolute atomic E-state index is 0.0109. The number of methoxy groups -OCH3 is 1. The average Bonchev–Trinajstić information content (AvgIpc) is 2.83. The minimum atomic E-state index is -0.0109. The standard InChI is InChI=1S/C14H18N4O/c1-9-7-12(15)14-16-13(17-18(14)8-9)10-3-5-11(19-2)6-4-10/h3-6,9,12H,7-8,15H2,1-2H3. The Balaban J connectivity index is 1.95. The molecule has 2 atom stereocenters. The fraction of sp³-hybridized carbons (Fsp3) is 0.429. The van der Waals surface area contributed by atoms with Crippen molar-refractivity contribution in [3.05, 3.63) is 30.1 Å². The van der Waals surface area contributed by atoms with E-state index in [0.29, 0.717) is 5.92 Å². The van der Waals surface area contributed by atoms with E-state index in [1.54, 1.807) is 7.11 Å².